The number of rotatable bonds is 4. The van der Waals surface area contributed by atoms with Crippen molar-refractivity contribution in [1.29, 1.82) is 0 Å². The maximum absolute atomic E-state index is 12.3. The number of aromatic nitrogens is 2. The van der Waals surface area contributed by atoms with Gasteiger partial charge in [0, 0.05) is 35.3 Å². The van der Waals surface area contributed by atoms with Crippen molar-refractivity contribution in [2.24, 2.45) is 0 Å². The number of methoxy groups -OCH3 is 1. The van der Waals surface area contributed by atoms with Crippen molar-refractivity contribution in [2.75, 3.05) is 7.11 Å². The van der Waals surface area contributed by atoms with E-state index in [1.54, 1.807) is 67.1 Å². The first-order chi connectivity index (χ1) is 11.7. The summed E-state index contributed by atoms with van der Waals surface area (Å²) >= 11 is 0. The van der Waals surface area contributed by atoms with Crippen LogP contribution in [-0.4, -0.2) is 28.8 Å². The highest BCUT2D eigenvalue weighted by atomic mass is 16.5. The van der Waals surface area contributed by atoms with Crippen molar-refractivity contribution < 1.29 is 14.3 Å². The number of pyridine rings is 2. The smallest absolute Gasteiger partial charge is 0.337 e. The molecule has 0 unspecified atom stereocenters. The summed E-state index contributed by atoms with van der Waals surface area (Å²) < 4.78 is 4.67. The van der Waals surface area contributed by atoms with Crippen LogP contribution < -0.4 is 0 Å². The fourth-order valence-corrected chi connectivity index (χ4v) is 2.26. The minimum Gasteiger partial charge on any atom is -0.465 e. The van der Waals surface area contributed by atoms with Gasteiger partial charge in [-0.3, -0.25) is 14.8 Å². The molecule has 3 rings (SSSR count). The normalized spacial score (nSPS) is 10.2. The number of benzene rings is 1. The van der Waals surface area contributed by atoms with Gasteiger partial charge in [0.1, 0.15) is 0 Å². The maximum atomic E-state index is 12.3. The van der Waals surface area contributed by atoms with Gasteiger partial charge in [-0.15, -0.1) is 0 Å². The Morgan fingerprint density at radius 3 is 2.08 bits per heavy atom. The molecule has 0 saturated carbocycles. The average Bonchev–Trinajstić information content (AvgIpc) is 2.68. The highest BCUT2D eigenvalue weighted by molar-refractivity contribution is 6.08. The van der Waals surface area contributed by atoms with Crippen LogP contribution in [0.25, 0.3) is 11.3 Å². The van der Waals surface area contributed by atoms with Crippen molar-refractivity contribution in [3.63, 3.8) is 0 Å². The van der Waals surface area contributed by atoms with Crippen LogP contribution in [0, 0.1) is 0 Å². The predicted molar refractivity (Wildman–Crippen MR) is 88.7 cm³/mol. The minimum absolute atomic E-state index is 0.0995. The second-order valence-corrected chi connectivity index (χ2v) is 5.07. The van der Waals surface area contributed by atoms with Gasteiger partial charge in [0.15, 0.2) is 5.78 Å². The molecule has 0 radical (unpaired) electrons. The maximum Gasteiger partial charge on any atom is 0.337 e. The number of nitrogens with zero attached hydrogens (tertiary/aromatic N) is 2. The lowest BCUT2D eigenvalue weighted by atomic mass is 10.0. The summed E-state index contributed by atoms with van der Waals surface area (Å²) in [6, 6.07) is 13.8. The van der Waals surface area contributed by atoms with E-state index >= 15 is 0 Å². The Morgan fingerprint density at radius 1 is 0.833 bits per heavy atom. The molecule has 0 amide bonds. The third-order valence-electron chi connectivity index (χ3n) is 3.57. The van der Waals surface area contributed by atoms with E-state index in [1.165, 1.54) is 7.11 Å². The highest BCUT2D eigenvalue weighted by Crippen LogP contribution is 2.19. The zero-order valence-electron chi connectivity index (χ0n) is 13.0. The van der Waals surface area contributed by atoms with Crippen molar-refractivity contribution in [3.8, 4) is 11.3 Å². The Balaban J connectivity index is 1.82. The van der Waals surface area contributed by atoms with Gasteiger partial charge in [-0.2, -0.15) is 0 Å². The van der Waals surface area contributed by atoms with Crippen LogP contribution in [0.15, 0.2) is 67.1 Å². The SMILES string of the molecule is COC(=O)c1ccc(-c2ccc(C(=O)c3ccncc3)cn2)cc1. The van der Waals surface area contributed by atoms with E-state index in [-0.39, 0.29) is 11.8 Å². The molecule has 5 heteroatoms. The van der Waals surface area contributed by atoms with Gasteiger partial charge >= 0.3 is 5.97 Å². The molecule has 0 spiro atoms. The summed E-state index contributed by atoms with van der Waals surface area (Å²) in [5.41, 5.74) is 3.13. The van der Waals surface area contributed by atoms with E-state index in [0.717, 1.165) is 11.3 Å². The van der Waals surface area contributed by atoms with Gasteiger partial charge in [-0.25, -0.2) is 4.79 Å². The molecule has 3 aromatic rings. The van der Waals surface area contributed by atoms with Gasteiger partial charge in [-0.1, -0.05) is 12.1 Å². The van der Waals surface area contributed by atoms with Crippen LogP contribution in [0.4, 0.5) is 0 Å². The van der Waals surface area contributed by atoms with Crippen LogP contribution >= 0.6 is 0 Å². The molecule has 1 aromatic carbocycles. The van der Waals surface area contributed by atoms with Crippen LogP contribution in [0.5, 0.6) is 0 Å². The molecule has 2 aromatic heterocycles. The van der Waals surface area contributed by atoms with E-state index in [9.17, 15) is 9.59 Å². The topological polar surface area (TPSA) is 69.2 Å². The van der Waals surface area contributed by atoms with E-state index in [4.69, 9.17) is 0 Å². The number of ether oxygens (including phenoxy) is 1. The molecule has 0 aliphatic carbocycles. The molecular weight excluding hydrogens is 304 g/mol. The first-order valence-electron chi connectivity index (χ1n) is 7.28. The third-order valence-corrected chi connectivity index (χ3v) is 3.57. The molecule has 5 nitrogen and oxygen atoms in total. The average molecular weight is 318 g/mol. The van der Waals surface area contributed by atoms with Crippen molar-refractivity contribution in [1.82, 2.24) is 9.97 Å². The fourth-order valence-electron chi connectivity index (χ4n) is 2.26. The fraction of sp³-hybridized carbons (Fsp3) is 0.0526. The van der Waals surface area contributed by atoms with Gasteiger partial charge < -0.3 is 4.74 Å². The molecule has 0 N–H and O–H groups in total. The lowest BCUT2D eigenvalue weighted by Gasteiger charge is -2.05. The standard InChI is InChI=1S/C19H14N2O3/c1-24-19(23)15-4-2-13(3-5-15)17-7-6-16(12-21-17)18(22)14-8-10-20-11-9-14/h2-12H,1H3. The number of hydrogen-bond donors (Lipinski definition) is 0. The molecule has 0 fully saturated rings. The zero-order valence-corrected chi connectivity index (χ0v) is 13.0. The lowest BCUT2D eigenvalue weighted by Crippen LogP contribution is -2.02. The zero-order chi connectivity index (χ0) is 16.9. The summed E-state index contributed by atoms with van der Waals surface area (Å²) in [5.74, 6) is -0.481. The minimum atomic E-state index is -0.382. The summed E-state index contributed by atoms with van der Waals surface area (Å²) in [6.45, 7) is 0. The van der Waals surface area contributed by atoms with Gasteiger partial charge in [0.2, 0.25) is 0 Å². The van der Waals surface area contributed by atoms with Crippen LogP contribution in [0.1, 0.15) is 26.3 Å². The number of ketones is 1. The van der Waals surface area contributed by atoms with E-state index < -0.39 is 0 Å². The Kier molecular flexibility index (Phi) is 4.43. The van der Waals surface area contributed by atoms with E-state index in [0.29, 0.717) is 16.7 Å². The molecule has 0 atom stereocenters. The number of carbonyl (C=O) groups is 2. The quantitative estimate of drug-likeness (QED) is 0.546. The number of hydrogen-bond acceptors (Lipinski definition) is 5. The first-order valence-corrected chi connectivity index (χ1v) is 7.28. The van der Waals surface area contributed by atoms with Crippen LogP contribution in [-0.2, 0) is 4.74 Å². The van der Waals surface area contributed by atoms with Gasteiger partial charge in [-0.05, 0) is 36.4 Å². The van der Waals surface area contributed by atoms with E-state index in [2.05, 4.69) is 14.7 Å². The molecule has 0 aliphatic heterocycles. The molecule has 0 bridgehead atoms. The van der Waals surface area contributed by atoms with Gasteiger partial charge in [0.25, 0.3) is 0 Å². The summed E-state index contributed by atoms with van der Waals surface area (Å²) in [5, 5.41) is 0. The second kappa shape index (κ2) is 6.83. The van der Waals surface area contributed by atoms with Crippen LogP contribution in [0.2, 0.25) is 0 Å². The number of carbonyl (C=O) groups excluding carboxylic acids is 2. The Bertz CT molecular complexity index is 857. The molecule has 0 aliphatic rings. The Morgan fingerprint density at radius 2 is 1.50 bits per heavy atom. The molecule has 24 heavy (non-hydrogen) atoms. The summed E-state index contributed by atoms with van der Waals surface area (Å²) in [4.78, 5) is 32.0. The Labute approximate surface area is 139 Å². The molecule has 118 valence electrons. The molecular formula is C19H14N2O3. The van der Waals surface area contributed by atoms with Crippen molar-refractivity contribution in [3.05, 3.63) is 83.8 Å². The summed E-state index contributed by atoms with van der Waals surface area (Å²) in [7, 11) is 1.34. The largest absolute Gasteiger partial charge is 0.465 e. The second-order valence-electron chi connectivity index (χ2n) is 5.07. The Hall–Kier alpha value is -3.34. The van der Waals surface area contributed by atoms with Crippen molar-refractivity contribution in [2.45, 2.75) is 0 Å². The van der Waals surface area contributed by atoms with Crippen LogP contribution in [0.3, 0.4) is 0 Å². The number of esters is 1. The predicted octanol–water partition coefficient (Wildman–Crippen LogP) is 3.16. The lowest BCUT2D eigenvalue weighted by molar-refractivity contribution is 0.0600. The molecule has 0 saturated heterocycles. The van der Waals surface area contributed by atoms with Gasteiger partial charge in [0.05, 0.1) is 18.4 Å². The van der Waals surface area contributed by atoms with E-state index in [1.807, 2.05) is 0 Å². The monoisotopic (exact) mass is 318 g/mol. The highest BCUT2D eigenvalue weighted by Gasteiger charge is 2.10. The van der Waals surface area contributed by atoms with Crippen molar-refractivity contribution >= 4 is 11.8 Å². The molecule has 2 heterocycles. The third kappa shape index (κ3) is 3.20. The summed E-state index contributed by atoms with van der Waals surface area (Å²) in [6.07, 6.45) is 4.71. The first kappa shape index (κ1) is 15.6.